The Morgan fingerprint density at radius 3 is 0.623 bits per heavy atom. The van der Waals surface area contributed by atoms with Crippen molar-refractivity contribution in [1.82, 2.24) is 0 Å². The molecule has 0 radical (unpaired) electrons. The maximum Gasteiger partial charge on any atom is 0.00553 e. The molecule has 29 heteroatoms. The maximum absolute atomic E-state index is 6.72. The Morgan fingerprint density at radius 1 is 0.221 bits per heavy atom. The SMILES string of the molecule is CS(Cl)(Cl)CCCS(C)(CCCC(CCS(C)(CCCS(C)(Cl)Cl)CCCS(C)(Cl)Cl)C(CCS(C)(CCCS(C)(Cl)Cl)CCCS(C)(Cl)Cl)C(S)CCS(C)(CCCS(C)(Cl)Cl)CCCS(C)(Cl)Cl)CCCS(C)(Cl)Cl. The molecule has 0 nitrogen and oxygen atoms in total. The van der Waals surface area contributed by atoms with Crippen LogP contribution in [0.15, 0.2) is 0 Å². The summed E-state index contributed by atoms with van der Waals surface area (Å²) in [6.07, 6.45) is 40.1. The fourth-order valence-electron chi connectivity index (χ4n) is 10.00. The average molecular weight is 1670 g/mol. The van der Waals surface area contributed by atoms with Crippen molar-refractivity contribution in [2.45, 2.75) is 88.7 Å². The summed E-state index contributed by atoms with van der Waals surface area (Å²) in [4.78, 5) is 0. The van der Waals surface area contributed by atoms with Crippen LogP contribution in [0.1, 0.15) is 83.5 Å². The van der Waals surface area contributed by atoms with Crippen LogP contribution in [0.5, 0.6) is 0 Å². The minimum absolute atomic E-state index is 0.219. The lowest BCUT2D eigenvalue weighted by molar-refractivity contribution is 0.286. The van der Waals surface area contributed by atoms with Gasteiger partial charge in [0.05, 0.1) is 0 Å². The molecule has 0 heterocycles. The summed E-state index contributed by atoms with van der Waals surface area (Å²) in [5.74, 6) is 21.5. The van der Waals surface area contributed by atoms with Crippen molar-refractivity contribution in [3.05, 3.63) is 0 Å². The van der Waals surface area contributed by atoms with Gasteiger partial charge in [0.25, 0.3) is 0 Å². The molecule has 0 aliphatic carbocycles. The molecule has 3 unspecified atom stereocenters. The Labute approximate surface area is 573 Å². The molecule has 0 aromatic carbocycles. The molecule has 0 aromatic heterocycles. The summed E-state index contributed by atoms with van der Waals surface area (Å²) in [7, 11) is 89.8. The minimum atomic E-state index is -1.66. The average Bonchev–Trinajstić information content (AvgIpc) is 3.18. The molecule has 0 aromatic rings. The molecular formula is C48H106Cl16S13. The summed E-state index contributed by atoms with van der Waals surface area (Å²) in [6, 6.07) is 0. The molecule has 0 bridgehead atoms. The third kappa shape index (κ3) is 52.3. The van der Waals surface area contributed by atoms with Gasteiger partial charge >= 0.3 is 0 Å². The van der Waals surface area contributed by atoms with Gasteiger partial charge in [0.1, 0.15) is 0 Å². The highest BCUT2D eigenvalue weighted by Crippen LogP contribution is 2.63. The van der Waals surface area contributed by atoms with Crippen molar-refractivity contribution in [3.63, 3.8) is 0 Å². The van der Waals surface area contributed by atoms with E-state index < -0.39 is 108 Å². The van der Waals surface area contributed by atoms with E-state index in [0.29, 0.717) is 11.8 Å². The Kier molecular flexibility index (Phi) is 44.5. The van der Waals surface area contributed by atoms with Crippen LogP contribution >= 0.6 is 291 Å². The van der Waals surface area contributed by atoms with Gasteiger partial charge < -0.3 is 0 Å². The van der Waals surface area contributed by atoms with E-state index >= 15 is 0 Å². The summed E-state index contributed by atoms with van der Waals surface area (Å²) in [5, 5.41) is 0.219. The van der Waals surface area contributed by atoms with Crippen molar-refractivity contribution < 1.29 is 0 Å². The van der Waals surface area contributed by atoms with Gasteiger partial charge in [-0.3, -0.25) is 0 Å². The van der Waals surface area contributed by atoms with Gasteiger partial charge in [-0.2, -0.15) is 12.6 Å². The molecular weight excluding hydrogens is 1560 g/mol. The zero-order valence-electron chi connectivity index (χ0n) is 48.5. The predicted molar refractivity (Wildman–Crippen MR) is 433 cm³/mol. The standard InChI is InChI=1S/C48H106Cl16S13/c1-66(27-14-35-70(5,49)50,28-15-36-71(6,51)52)26-13-22-46(23-43-67(2,29-16-37-72(7,53)54)30-17-38-73(8,55)56)47(24-44-68(3,31-18-39-74(9,57)58)32-19-40-75(10,59)60)48(65)25-45-69(4,33-20-41-76(11,61)62)34-21-42-77(12,63)64/h46-48,65H,13-45H2,1-12H3. The fraction of sp³-hybridized carbons (Fsp3) is 1.00. The number of hydrogen-bond donors (Lipinski definition) is 1. The van der Waals surface area contributed by atoms with E-state index in [1.165, 1.54) is 23.7 Å². The van der Waals surface area contributed by atoms with Gasteiger partial charge in [0.15, 0.2) is 0 Å². The van der Waals surface area contributed by atoms with Crippen molar-refractivity contribution in [1.29, 1.82) is 0 Å². The van der Waals surface area contributed by atoms with Crippen molar-refractivity contribution >= 4 is 291 Å². The maximum atomic E-state index is 6.72. The number of hydrogen-bond acceptors (Lipinski definition) is 1. The minimum Gasteiger partial charge on any atom is -0.244 e. The van der Waals surface area contributed by atoms with E-state index in [0.717, 1.165) is 175 Å². The number of halogens is 16. The Morgan fingerprint density at radius 2 is 0.403 bits per heavy atom. The van der Waals surface area contributed by atoms with Crippen LogP contribution in [0.25, 0.3) is 0 Å². The van der Waals surface area contributed by atoms with E-state index in [1.54, 1.807) is 0 Å². The lowest BCUT2D eigenvalue weighted by Gasteiger charge is -2.44. The third-order valence-electron chi connectivity index (χ3n) is 14.3. The second-order valence-corrected chi connectivity index (χ2v) is 94.4. The molecule has 0 spiro atoms. The second-order valence-electron chi connectivity index (χ2n) is 23.3. The van der Waals surface area contributed by atoms with Gasteiger partial charge in [0.2, 0.25) is 0 Å². The molecule has 488 valence electrons. The van der Waals surface area contributed by atoms with Gasteiger partial charge in [-0.05, 0) is 239 Å². The van der Waals surface area contributed by atoms with Crippen molar-refractivity contribution in [2.24, 2.45) is 11.8 Å². The van der Waals surface area contributed by atoms with Crippen LogP contribution in [0, 0.1) is 11.8 Å². The molecule has 77 heavy (non-hydrogen) atoms. The van der Waals surface area contributed by atoms with Gasteiger partial charge in [-0.1, -0.05) is 239 Å². The largest absolute Gasteiger partial charge is 0.244 e. The Bertz CT molecular complexity index is 1500. The number of rotatable bonds is 47. The molecule has 0 aliphatic rings. The zero-order chi connectivity index (χ0) is 60.1. The monoisotopic (exact) mass is 1660 g/mol. The lowest BCUT2D eigenvalue weighted by atomic mass is 9.81. The summed E-state index contributed by atoms with van der Waals surface area (Å²) >= 11 is 5.86. The first kappa shape index (κ1) is 86.2. The summed E-state index contributed by atoms with van der Waals surface area (Å²) in [5.41, 5.74) is 0. The van der Waals surface area contributed by atoms with E-state index in [9.17, 15) is 0 Å². The lowest BCUT2D eigenvalue weighted by Crippen LogP contribution is -2.31. The molecule has 3 atom stereocenters. The van der Waals surface area contributed by atoms with Crippen molar-refractivity contribution in [2.75, 3.05) is 190 Å². The van der Waals surface area contributed by atoms with Crippen LogP contribution in [0.3, 0.4) is 0 Å². The number of thiol groups is 1. The highest BCUT2D eigenvalue weighted by atomic mass is 36.0. The summed E-state index contributed by atoms with van der Waals surface area (Å²) < 4.78 is 0. The molecule has 0 rings (SSSR count). The smallest absolute Gasteiger partial charge is 0.00553 e. The molecule has 0 saturated heterocycles. The molecule has 0 saturated carbocycles. The van der Waals surface area contributed by atoms with E-state index in [2.05, 4.69) is 25.0 Å². The van der Waals surface area contributed by atoms with E-state index in [1.807, 2.05) is 50.0 Å². The van der Waals surface area contributed by atoms with E-state index in [-0.39, 0.29) is 5.25 Å². The van der Waals surface area contributed by atoms with Crippen LogP contribution in [0.2, 0.25) is 0 Å². The Hall–Kier alpha value is 9.19. The fourth-order valence-corrected chi connectivity index (χ4v) is 35.2. The van der Waals surface area contributed by atoms with Crippen LogP contribution in [0.4, 0.5) is 0 Å². The first-order valence-corrected chi connectivity index (χ1v) is 67.8. The quantitative estimate of drug-likeness (QED) is 0.0577. The van der Waals surface area contributed by atoms with Crippen LogP contribution in [-0.2, 0) is 0 Å². The molecule has 0 aliphatic heterocycles. The van der Waals surface area contributed by atoms with Gasteiger partial charge in [0, 0.05) is 51.3 Å². The first-order chi connectivity index (χ1) is 34.4. The molecule has 0 N–H and O–H groups in total. The highest BCUT2D eigenvalue weighted by molar-refractivity contribution is 8.68. The summed E-state index contributed by atoms with van der Waals surface area (Å²) in [6.45, 7) is 0. The normalized spacial score (nSPS) is 18.4. The first-order valence-electron chi connectivity index (χ1n) is 26.2. The predicted octanol–water partition coefficient (Wildman–Crippen LogP) is 27.3. The Balaban J connectivity index is 7.83. The van der Waals surface area contributed by atoms with Crippen LogP contribution in [-0.4, -0.2) is 195 Å². The van der Waals surface area contributed by atoms with Gasteiger partial charge in [-0.15, -0.1) is 0 Å². The third-order valence-corrected chi connectivity index (χ3v) is 45.5. The highest BCUT2D eigenvalue weighted by Gasteiger charge is 2.34. The molecule has 0 fully saturated rings. The second kappa shape index (κ2) is 39.8. The van der Waals surface area contributed by atoms with Gasteiger partial charge in [-0.25, -0.2) is 40.1 Å². The van der Waals surface area contributed by atoms with Crippen molar-refractivity contribution in [3.8, 4) is 0 Å². The van der Waals surface area contributed by atoms with E-state index in [4.69, 9.17) is 184 Å². The molecule has 0 amide bonds. The zero-order valence-corrected chi connectivity index (χ0v) is 71.2. The topological polar surface area (TPSA) is 0 Å². The van der Waals surface area contributed by atoms with Crippen LogP contribution < -0.4 is 0 Å².